The van der Waals surface area contributed by atoms with Gasteiger partial charge in [0.25, 0.3) is 0 Å². The van der Waals surface area contributed by atoms with Crippen LogP contribution in [0.2, 0.25) is 0 Å². The second-order valence-electron chi connectivity index (χ2n) is 3.34. The molecule has 1 atom stereocenters. The van der Waals surface area contributed by atoms with Gasteiger partial charge in [-0.05, 0) is 36.6 Å². The van der Waals surface area contributed by atoms with E-state index in [-0.39, 0.29) is 0 Å². The number of nitrogens with two attached hydrogens (primary N) is 1. The van der Waals surface area contributed by atoms with Crippen molar-refractivity contribution >= 4 is 15.9 Å². The molecule has 0 saturated carbocycles. The number of hydrogen-bond acceptors (Lipinski definition) is 1. The lowest BCUT2D eigenvalue weighted by molar-refractivity contribution is 0.519. The first-order chi connectivity index (χ1) is 6.26. The van der Waals surface area contributed by atoms with E-state index in [2.05, 4.69) is 41.1 Å². The normalized spacial score (nSPS) is 12.8. The van der Waals surface area contributed by atoms with Crippen molar-refractivity contribution in [2.24, 2.45) is 11.7 Å². The lowest BCUT2D eigenvalue weighted by Crippen LogP contribution is -2.15. The minimum absolute atomic E-state index is 0.620. The van der Waals surface area contributed by atoms with Gasteiger partial charge in [0, 0.05) is 4.47 Å². The molecule has 0 spiro atoms. The number of benzene rings is 1. The van der Waals surface area contributed by atoms with E-state index < -0.39 is 0 Å². The maximum Gasteiger partial charge on any atom is 0.0177 e. The van der Waals surface area contributed by atoms with E-state index >= 15 is 0 Å². The Bertz CT molecular complexity index is 256. The van der Waals surface area contributed by atoms with Gasteiger partial charge >= 0.3 is 0 Å². The van der Waals surface area contributed by atoms with Crippen LogP contribution >= 0.6 is 15.9 Å². The molecule has 1 rings (SSSR count). The topological polar surface area (TPSA) is 26.0 Å². The Balaban J connectivity index is 2.62. The number of rotatable bonds is 4. The highest BCUT2D eigenvalue weighted by Crippen LogP contribution is 2.16. The molecule has 0 amide bonds. The molecule has 72 valence electrons. The summed E-state index contributed by atoms with van der Waals surface area (Å²) < 4.78 is 1.15. The molecular weight excluding hydrogens is 226 g/mol. The van der Waals surface area contributed by atoms with Gasteiger partial charge in [-0.3, -0.25) is 0 Å². The van der Waals surface area contributed by atoms with Gasteiger partial charge in [-0.1, -0.05) is 41.4 Å². The summed E-state index contributed by atoms with van der Waals surface area (Å²) >= 11 is 3.46. The van der Waals surface area contributed by atoms with Crippen LogP contribution in [0.5, 0.6) is 0 Å². The SMILES string of the molecule is CCC(CN)Cc1cccc(Br)c1. The average molecular weight is 242 g/mol. The third kappa shape index (κ3) is 3.49. The van der Waals surface area contributed by atoms with E-state index in [0.717, 1.165) is 23.9 Å². The first-order valence-electron chi connectivity index (χ1n) is 4.70. The summed E-state index contributed by atoms with van der Waals surface area (Å²) in [7, 11) is 0. The summed E-state index contributed by atoms with van der Waals surface area (Å²) in [5.41, 5.74) is 7.02. The standard InChI is InChI=1S/C11H16BrN/c1-2-9(8-13)6-10-4-3-5-11(12)7-10/h3-5,7,9H,2,6,8,13H2,1H3. The number of hydrogen-bond donors (Lipinski definition) is 1. The zero-order valence-corrected chi connectivity index (χ0v) is 9.55. The van der Waals surface area contributed by atoms with Gasteiger partial charge in [0.1, 0.15) is 0 Å². The van der Waals surface area contributed by atoms with Crippen molar-refractivity contribution in [1.82, 2.24) is 0 Å². The molecule has 0 aliphatic heterocycles. The molecule has 0 saturated heterocycles. The third-order valence-electron chi connectivity index (χ3n) is 2.32. The van der Waals surface area contributed by atoms with Crippen molar-refractivity contribution < 1.29 is 0 Å². The van der Waals surface area contributed by atoms with Crippen LogP contribution in [-0.2, 0) is 6.42 Å². The summed E-state index contributed by atoms with van der Waals surface area (Å²) in [5.74, 6) is 0.620. The first kappa shape index (κ1) is 10.7. The fourth-order valence-corrected chi connectivity index (χ4v) is 1.84. The van der Waals surface area contributed by atoms with Crippen LogP contribution < -0.4 is 5.73 Å². The molecule has 2 N–H and O–H groups in total. The minimum atomic E-state index is 0.620. The molecular formula is C11H16BrN. The van der Waals surface area contributed by atoms with Crippen LogP contribution in [0, 0.1) is 5.92 Å². The highest BCUT2D eigenvalue weighted by Gasteiger charge is 2.04. The molecule has 0 fully saturated rings. The monoisotopic (exact) mass is 241 g/mol. The molecule has 13 heavy (non-hydrogen) atoms. The molecule has 0 aliphatic rings. The van der Waals surface area contributed by atoms with Crippen molar-refractivity contribution in [2.45, 2.75) is 19.8 Å². The third-order valence-corrected chi connectivity index (χ3v) is 2.82. The lowest BCUT2D eigenvalue weighted by Gasteiger charge is -2.11. The second kappa shape index (κ2) is 5.40. The van der Waals surface area contributed by atoms with Gasteiger partial charge in [0.15, 0.2) is 0 Å². The Morgan fingerprint density at radius 2 is 2.23 bits per heavy atom. The molecule has 0 bridgehead atoms. The maximum absolute atomic E-state index is 5.66. The predicted octanol–water partition coefficient (Wildman–Crippen LogP) is 2.98. The van der Waals surface area contributed by atoms with E-state index in [4.69, 9.17) is 5.73 Å². The van der Waals surface area contributed by atoms with Gasteiger partial charge in [0.05, 0.1) is 0 Å². The van der Waals surface area contributed by atoms with Crippen LogP contribution in [0.4, 0.5) is 0 Å². The van der Waals surface area contributed by atoms with Crippen LogP contribution in [0.25, 0.3) is 0 Å². The minimum Gasteiger partial charge on any atom is -0.330 e. The van der Waals surface area contributed by atoms with E-state index in [0.29, 0.717) is 5.92 Å². The van der Waals surface area contributed by atoms with Gasteiger partial charge in [-0.15, -0.1) is 0 Å². The molecule has 0 radical (unpaired) electrons. The van der Waals surface area contributed by atoms with Gasteiger partial charge < -0.3 is 5.73 Å². The van der Waals surface area contributed by atoms with Crippen molar-refractivity contribution in [2.75, 3.05) is 6.54 Å². The van der Waals surface area contributed by atoms with Gasteiger partial charge in [-0.25, -0.2) is 0 Å². The Morgan fingerprint density at radius 1 is 1.46 bits per heavy atom. The highest BCUT2D eigenvalue weighted by atomic mass is 79.9. The Morgan fingerprint density at radius 3 is 2.77 bits per heavy atom. The molecule has 0 aromatic heterocycles. The lowest BCUT2D eigenvalue weighted by atomic mass is 9.97. The summed E-state index contributed by atoms with van der Waals surface area (Å²) in [6, 6.07) is 8.44. The molecule has 1 aromatic carbocycles. The Kier molecular flexibility index (Phi) is 4.46. The number of halogens is 1. The second-order valence-corrected chi connectivity index (χ2v) is 4.26. The van der Waals surface area contributed by atoms with Crippen molar-refractivity contribution in [3.63, 3.8) is 0 Å². The fraction of sp³-hybridized carbons (Fsp3) is 0.455. The summed E-state index contributed by atoms with van der Waals surface area (Å²) in [6.07, 6.45) is 2.25. The average Bonchev–Trinajstić information content (AvgIpc) is 2.14. The molecule has 2 heteroatoms. The van der Waals surface area contributed by atoms with Crippen molar-refractivity contribution in [1.29, 1.82) is 0 Å². The first-order valence-corrected chi connectivity index (χ1v) is 5.50. The summed E-state index contributed by atoms with van der Waals surface area (Å²) in [5, 5.41) is 0. The summed E-state index contributed by atoms with van der Waals surface area (Å²) in [6.45, 7) is 2.97. The highest BCUT2D eigenvalue weighted by molar-refractivity contribution is 9.10. The maximum atomic E-state index is 5.66. The summed E-state index contributed by atoms with van der Waals surface area (Å²) in [4.78, 5) is 0. The quantitative estimate of drug-likeness (QED) is 0.862. The molecule has 1 nitrogen and oxygen atoms in total. The zero-order valence-electron chi connectivity index (χ0n) is 7.96. The smallest absolute Gasteiger partial charge is 0.0177 e. The molecule has 1 unspecified atom stereocenters. The van der Waals surface area contributed by atoms with E-state index in [1.54, 1.807) is 0 Å². The van der Waals surface area contributed by atoms with E-state index in [1.165, 1.54) is 5.56 Å². The van der Waals surface area contributed by atoms with Crippen molar-refractivity contribution in [3.05, 3.63) is 34.3 Å². The van der Waals surface area contributed by atoms with Crippen LogP contribution in [-0.4, -0.2) is 6.54 Å². The fourth-order valence-electron chi connectivity index (χ4n) is 1.39. The van der Waals surface area contributed by atoms with Crippen LogP contribution in [0.3, 0.4) is 0 Å². The Labute approximate surface area is 88.5 Å². The van der Waals surface area contributed by atoms with Crippen LogP contribution in [0.1, 0.15) is 18.9 Å². The van der Waals surface area contributed by atoms with Gasteiger partial charge in [0.2, 0.25) is 0 Å². The molecule has 0 heterocycles. The largest absolute Gasteiger partial charge is 0.330 e. The molecule has 1 aromatic rings. The van der Waals surface area contributed by atoms with Crippen LogP contribution in [0.15, 0.2) is 28.7 Å². The van der Waals surface area contributed by atoms with Crippen molar-refractivity contribution in [3.8, 4) is 0 Å². The van der Waals surface area contributed by atoms with E-state index in [9.17, 15) is 0 Å². The zero-order chi connectivity index (χ0) is 9.68. The van der Waals surface area contributed by atoms with E-state index in [1.807, 2.05) is 6.07 Å². The predicted molar refractivity (Wildman–Crippen MR) is 60.7 cm³/mol. The Hall–Kier alpha value is -0.340. The van der Waals surface area contributed by atoms with Gasteiger partial charge in [-0.2, -0.15) is 0 Å². The molecule has 0 aliphatic carbocycles.